The summed E-state index contributed by atoms with van der Waals surface area (Å²) in [6.45, 7) is 6.05. The maximum atomic E-state index is 5.69. The monoisotopic (exact) mass is 248 g/mol. The van der Waals surface area contributed by atoms with Gasteiger partial charge in [0.1, 0.15) is 12.4 Å². The maximum absolute atomic E-state index is 5.69. The van der Waals surface area contributed by atoms with Crippen molar-refractivity contribution in [2.45, 2.75) is 33.5 Å². The van der Waals surface area contributed by atoms with Crippen molar-refractivity contribution in [3.8, 4) is 11.8 Å². The van der Waals surface area contributed by atoms with Gasteiger partial charge < -0.3 is 9.47 Å². The molecule has 5 nitrogen and oxygen atoms in total. The van der Waals surface area contributed by atoms with E-state index in [1.807, 2.05) is 38.1 Å². The van der Waals surface area contributed by atoms with Crippen molar-refractivity contribution < 1.29 is 14.0 Å². The van der Waals surface area contributed by atoms with Gasteiger partial charge in [-0.05, 0) is 26.8 Å². The second-order valence-corrected chi connectivity index (χ2v) is 4.17. The Balaban J connectivity index is 2.04. The maximum Gasteiger partial charge on any atom is 0.417 e. The van der Waals surface area contributed by atoms with Crippen LogP contribution in [-0.2, 0) is 6.61 Å². The minimum absolute atomic E-state index is 0.122. The molecule has 18 heavy (non-hydrogen) atoms. The molecule has 0 aliphatic rings. The van der Waals surface area contributed by atoms with Crippen LogP contribution >= 0.6 is 0 Å². The number of rotatable bonds is 5. The predicted octanol–water partition coefficient (Wildman–Crippen LogP) is 2.74. The Bertz CT molecular complexity index is 508. The summed E-state index contributed by atoms with van der Waals surface area (Å²) in [6, 6.07) is 7.72. The molecule has 5 heteroatoms. The highest BCUT2D eigenvalue weighted by Gasteiger charge is 2.08. The number of para-hydroxylation sites is 1. The van der Waals surface area contributed by atoms with Crippen molar-refractivity contribution in [1.29, 1.82) is 0 Å². The molecule has 0 aliphatic carbocycles. The first-order valence-corrected chi connectivity index (χ1v) is 5.83. The Labute approximate surface area is 106 Å². The van der Waals surface area contributed by atoms with E-state index in [0.29, 0.717) is 12.4 Å². The summed E-state index contributed by atoms with van der Waals surface area (Å²) in [7, 11) is 0. The van der Waals surface area contributed by atoms with E-state index in [0.717, 1.165) is 11.3 Å². The van der Waals surface area contributed by atoms with Crippen molar-refractivity contribution in [3.63, 3.8) is 0 Å². The second-order valence-electron chi connectivity index (χ2n) is 4.17. The Morgan fingerprint density at radius 1 is 1.28 bits per heavy atom. The number of nitrogens with zero attached hydrogens (tertiary/aromatic N) is 2. The molecular weight excluding hydrogens is 232 g/mol. The number of benzene rings is 1. The summed E-state index contributed by atoms with van der Waals surface area (Å²) in [5, 5.41) is 3.66. The van der Waals surface area contributed by atoms with E-state index in [1.165, 1.54) is 0 Å². The largest absolute Gasteiger partial charge is 0.491 e. The van der Waals surface area contributed by atoms with E-state index in [-0.39, 0.29) is 12.2 Å². The molecule has 1 aromatic heterocycles. The lowest BCUT2D eigenvalue weighted by Crippen LogP contribution is -2.08. The highest BCUT2D eigenvalue weighted by molar-refractivity contribution is 5.33. The highest BCUT2D eigenvalue weighted by atomic mass is 16.6. The molecule has 0 saturated heterocycles. The molecule has 0 N–H and O–H groups in total. The zero-order chi connectivity index (χ0) is 13.0. The summed E-state index contributed by atoms with van der Waals surface area (Å²) in [6.07, 6.45) is 0.295. The SMILES string of the molecule is Cc1noc(OCc2ccccc2OC(C)C)n1. The summed E-state index contributed by atoms with van der Waals surface area (Å²) >= 11 is 0. The van der Waals surface area contributed by atoms with E-state index in [9.17, 15) is 0 Å². The van der Waals surface area contributed by atoms with Crippen LogP contribution in [0.2, 0.25) is 0 Å². The Kier molecular flexibility index (Phi) is 3.82. The normalized spacial score (nSPS) is 10.7. The van der Waals surface area contributed by atoms with Gasteiger partial charge in [0.05, 0.1) is 6.10 Å². The quantitative estimate of drug-likeness (QED) is 0.814. The predicted molar refractivity (Wildman–Crippen MR) is 65.6 cm³/mol. The molecule has 0 fully saturated rings. The van der Waals surface area contributed by atoms with Crippen LogP contribution in [0.3, 0.4) is 0 Å². The van der Waals surface area contributed by atoms with Gasteiger partial charge in [-0.1, -0.05) is 23.4 Å². The molecule has 1 heterocycles. The average molecular weight is 248 g/mol. The Morgan fingerprint density at radius 2 is 2.06 bits per heavy atom. The lowest BCUT2D eigenvalue weighted by molar-refractivity contribution is 0.186. The van der Waals surface area contributed by atoms with Gasteiger partial charge >= 0.3 is 6.08 Å². The van der Waals surface area contributed by atoms with Crippen LogP contribution in [-0.4, -0.2) is 16.2 Å². The minimum Gasteiger partial charge on any atom is -0.491 e. The first-order valence-electron chi connectivity index (χ1n) is 5.83. The third kappa shape index (κ3) is 3.23. The van der Waals surface area contributed by atoms with E-state index in [4.69, 9.17) is 14.0 Å². The van der Waals surface area contributed by atoms with Crippen molar-refractivity contribution >= 4 is 0 Å². The van der Waals surface area contributed by atoms with E-state index in [2.05, 4.69) is 10.1 Å². The molecule has 0 unspecified atom stereocenters. The van der Waals surface area contributed by atoms with Gasteiger partial charge in [-0.15, -0.1) is 0 Å². The fraction of sp³-hybridized carbons (Fsp3) is 0.385. The number of hydrogen-bond acceptors (Lipinski definition) is 5. The summed E-state index contributed by atoms with van der Waals surface area (Å²) in [4.78, 5) is 3.98. The van der Waals surface area contributed by atoms with Gasteiger partial charge in [0.15, 0.2) is 5.82 Å². The summed E-state index contributed by atoms with van der Waals surface area (Å²) < 4.78 is 16.0. The number of ether oxygens (including phenoxy) is 2. The zero-order valence-electron chi connectivity index (χ0n) is 10.7. The standard InChI is InChI=1S/C13H16N2O3/c1-9(2)17-12-7-5-4-6-11(12)8-16-13-14-10(3)15-18-13/h4-7,9H,8H2,1-3H3. The van der Waals surface area contributed by atoms with Gasteiger partial charge in [-0.2, -0.15) is 4.98 Å². The van der Waals surface area contributed by atoms with Crippen LogP contribution in [0.1, 0.15) is 25.2 Å². The fourth-order valence-corrected chi connectivity index (χ4v) is 1.47. The molecule has 0 spiro atoms. The van der Waals surface area contributed by atoms with Crippen molar-refractivity contribution in [2.75, 3.05) is 0 Å². The molecule has 0 bridgehead atoms. The Hall–Kier alpha value is -2.04. The van der Waals surface area contributed by atoms with Crippen molar-refractivity contribution in [1.82, 2.24) is 10.1 Å². The van der Waals surface area contributed by atoms with E-state index in [1.54, 1.807) is 6.92 Å². The van der Waals surface area contributed by atoms with Gasteiger partial charge in [0.25, 0.3) is 0 Å². The number of hydrogen-bond donors (Lipinski definition) is 0. The molecule has 0 amide bonds. The lowest BCUT2D eigenvalue weighted by Gasteiger charge is -2.13. The molecular formula is C13H16N2O3. The average Bonchev–Trinajstić information content (AvgIpc) is 2.73. The zero-order valence-corrected chi connectivity index (χ0v) is 10.7. The van der Waals surface area contributed by atoms with Gasteiger partial charge in [-0.25, -0.2) is 0 Å². The third-order valence-electron chi connectivity index (χ3n) is 2.20. The van der Waals surface area contributed by atoms with Crippen LogP contribution in [0.15, 0.2) is 28.8 Å². The molecule has 0 aliphatic heterocycles. The van der Waals surface area contributed by atoms with E-state index >= 15 is 0 Å². The molecule has 0 saturated carbocycles. The first-order chi connectivity index (χ1) is 8.65. The molecule has 2 rings (SSSR count). The van der Waals surface area contributed by atoms with Crippen LogP contribution in [0, 0.1) is 6.92 Å². The van der Waals surface area contributed by atoms with Gasteiger partial charge in [0.2, 0.25) is 0 Å². The second kappa shape index (κ2) is 5.53. The van der Waals surface area contributed by atoms with Crippen LogP contribution < -0.4 is 9.47 Å². The highest BCUT2D eigenvalue weighted by Crippen LogP contribution is 2.21. The molecule has 0 radical (unpaired) electrons. The number of aryl methyl sites for hydroxylation is 1. The topological polar surface area (TPSA) is 57.4 Å². The number of aromatic nitrogens is 2. The van der Waals surface area contributed by atoms with E-state index < -0.39 is 0 Å². The smallest absolute Gasteiger partial charge is 0.417 e. The summed E-state index contributed by atoms with van der Waals surface area (Å²) in [5.41, 5.74) is 0.946. The molecule has 96 valence electrons. The van der Waals surface area contributed by atoms with Crippen LogP contribution in [0.4, 0.5) is 0 Å². The van der Waals surface area contributed by atoms with Crippen molar-refractivity contribution in [3.05, 3.63) is 35.7 Å². The fourth-order valence-electron chi connectivity index (χ4n) is 1.47. The van der Waals surface area contributed by atoms with Crippen LogP contribution in [0.25, 0.3) is 0 Å². The van der Waals surface area contributed by atoms with Crippen molar-refractivity contribution in [2.24, 2.45) is 0 Å². The first kappa shape index (κ1) is 12.4. The lowest BCUT2D eigenvalue weighted by atomic mass is 10.2. The van der Waals surface area contributed by atoms with Crippen LogP contribution in [0.5, 0.6) is 11.8 Å². The van der Waals surface area contributed by atoms with Gasteiger partial charge in [0, 0.05) is 5.56 Å². The Morgan fingerprint density at radius 3 is 2.72 bits per heavy atom. The molecule has 1 aromatic carbocycles. The minimum atomic E-state index is 0.122. The summed E-state index contributed by atoms with van der Waals surface area (Å²) in [5.74, 6) is 1.36. The molecule has 2 aromatic rings. The molecule has 0 atom stereocenters. The van der Waals surface area contributed by atoms with Gasteiger partial charge in [-0.3, -0.25) is 4.52 Å². The third-order valence-corrected chi connectivity index (χ3v) is 2.20.